The van der Waals surface area contributed by atoms with Gasteiger partial charge in [0.05, 0.1) is 0 Å². The zero-order chi connectivity index (χ0) is 21.6. The minimum absolute atomic E-state index is 0.281. The van der Waals surface area contributed by atoms with Crippen LogP contribution in [0.5, 0.6) is 0 Å². The molecule has 29 heavy (non-hydrogen) atoms. The van der Waals surface area contributed by atoms with Crippen molar-refractivity contribution in [2.75, 3.05) is 11.5 Å². The molecule has 0 fully saturated rings. The number of hydrogen-bond donors (Lipinski definition) is 3. The molecule has 0 heterocycles. The Morgan fingerprint density at radius 2 is 0.724 bits per heavy atom. The maximum Gasteiger partial charge on any atom is 0.198 e. The number of hydrogen-bond acceptors (Lipinski definition) is 0. The lowest BCUT2D eigenvalue weighted by molar-refractivity contribution is 0.502. The Bertz CT molecular complexity index is 362. The molecule has 0 amide bonds. The van der Waals surface area contributed by atoms with E-state index in [9.17, 15) is 9.79 Å². The molecule has 0 rings (SSSR count). The zero-order valence-corrected chi connectivity index (χ0v) is 22.4. The van der Waals surface area contributed by atoms with Crippen LogP contribution >= 0.6 is 17.9 Å². The third-order valence-corrected chi connectivity index (χ3v) is 13.3. The van der Waals surface area contributed by atoms with Crippen LogP contribution in [-0.2, 0) is 10.1 Å². The van der Waals surface area contributed by atoms with E-state index in [1.54, 1.807) is 0 Å². The first-order chi connectivity index (χ1) is 14.0. The van der Waals surface area contributed by atoms with Gasteiger partial charge in [-0.1, -0.05) is 142 Å². The van der Waals surface area contributed by atoms with Crippen molar-refractivity contribution in [2.24, 2.45) is 0 Å². The fourth-order valence-electron chi connectivity index (χ4n) is 3.86. The third-order valence-electron chi connectivity index (χ3n) is 5.81. The second-order valence-electron chi connectivity index (χ2n) is 8.75. The molecule has 5 heteroatoms. The van der Waals surface area contributed by atoms with Gasteiger partial charge in [-0.05, 0) is 24.3 Å². The molecule has 0 aromatic rings. The molecule has 0 aromatic heterocycles. The summed E-state index contributed by atoms with van der Waals surface area (Å²) >= 11 is 4.18. The van der Waals surface area contributed by atoms with Crippen molar-refractivity contribution in [1.29, 1.82) is 0 Å². The third kappa shape index (κ3) is 22.0. The molecule has 0 saturated heterocycles. The fraction of sp³-hybridized carbons (Fsp3) is 1.00. The highest BCUT2D eigenvalue weighted by molar-refractivity contribution is 8.65. The minimum atomic E-state index is -2.96. The lowest BCUT2D eigenvalue weighted by atomic mass is 10.1. The van der Waals surface area contributed by atoms with E-state index in [-0.39, 0.29) is 10.1 Å². The highest BCUT2D eigenvalue weighted by atomic mass is 32.9. The Kier molecular flexibility index (Phi) is 23.1. The van der Waals surface area contributed by atoms with Crippen molar-refractivity contribution in [3.8, 4) is 0 Å². The minimum Gasteiger partial charge on any atom is -0.341 e. The fourth-order valence-corrected chi connectivity index (χ4v) is 9.34. The maximum absolute atomic E-state index is 10.1. The average molecular weight is 469 g/mol. The normalized spacial score (nSPS) is 12.2. The van der Waals surface area contributed by atoms with Gasteiger partial charge in [-0.3, -0.25) is 0 Å². The Hall–Kier alpha value is 1.05. The zero-order valence-electron chi connectivity index (χ0n) is 19.8. The van der Waals surface area contributed by atoms with Crippen LogP contribution in [0.4, 0.5) is 0 Å². The van der Waals surface area contributed by atoms with Crippen molar-refractivity contribution in [1.82, 2.24) is 0 Å². The molecule has 0 saturated carbocycles. The smallest absolute Gasteiger partial charge is 0.198 e. The van der Waals surface area contributed by atoms with Gasteiger partial charge in [0, 0.05) is 0 Å². The average Bonchev–Trinajstić information content (AvgIpc) is 2.68. The molecular weight excluding hydrogens is 415 g/mol. The van der Waals surface area contributed by atoms with Crippen LogP contribution in [-0.4, -0.2) is 21.3 Å². The summed E-state index contributed by atoms with van der Waals surface area (Å²) in [7, 11) is -0.281. The first-order valence-electron chi connectivity index (χ1n) is 12.8. The van der Waals surface area contributed by atoms with Crippen LogP contribution in [0, 0.1) is 0 Å². The second-order valence-corrected chi connectivity index (χ2v) is 17.1. The van der Waals surface area contributed by atoms with Gasteiger partial charge in [-0.25, -0.2) is 0 Å². The molecule has 0 spiro atoms. The molecule has 2 N–H and O–H groups in total. The van der Waals surface area contributed by atoms with Crippen molar-refractivity contribution in [2.45, 2.75) is 142 Å². The van der Waals surface area contributed by atoms with E-state index in [0.29, 0.717) is 0 Å². The molecule has 178 valence electrons. The monoisotopic (exact) mass is 468 g/mol. The predicted octanol–water partition coefficient (Wildman–Crippen LogP) is 9.04. The van der Waals surface area contributed by atoms with Crippen molar-refractivity contribution in [3.63, 3.8) is 0 Å². The summed E-state index contributed by atoms with van der Waals surface area (Å²) < 4.78 is 0. The second kappa shape index (κ2) is 22.3. The van der Waals surface area contributed by atoms with Gasteiger partial charge >= 0.3 is 0 Å². The van der Waals surface area contributed by atoms with Crippen LogP contribution in [0.2, 0.25) is 0 Å². The summed E-state index contributed by atoms with van der Waals surface area (Å²) in [6.07, 6.45) is 26.6. The predicted molar refractivity (Wildman–Crippen MR) is 141 cm³/mol. The highest BCUT2D eigenvalue weighted by Gasteiger charge is 2.10. The SMILES string of the molecule is CCCCCCCCCCCCS(CCCCCCCCCCCC)=P(O)(O)S. The Labute approximate surface area is 191 Å². The Balaban J connectivity index is 3.67. The molecule has 0 aliphatic rings. The lowest BCUT2D eigenvalue weighted by Gasteiger charge is -2.16. The Morgan fingerprint density at radius 1 is 0.483 bits per heavy atom. The van der Waals surface area contributed by atoms with E-state index >= 15 is 0 Å². The molecule has 0 unspecified atom stereocenters. The van der Waals surface area contributed by atoms with E-state index < -0.39 is 5.69 Å². The molecule has 2 nitrogen and oxygen atoms in total. The van der Waals surface area contributed by atoms with Gasteiger partial charge in [-0.15, -0.1) is 10.1 Å². The molecule has 0 radical (unpaired) electrons. The summed E-state index contributed by atoms with van der Waals surface area (Å²) in [6, 6.07) is 0. The van der Waals surface area contributed by atoms with Gasteiger partial charge in [-0.2, -0.15) is 0 Å². The summed E-state index contributed by atoms with van der Waals surface area (Å²) in [4.78, 5) is 20.2. The van der Waals surface area contributed by atoms with E-state index in [1.807, 2.05) is 0 Å². The van der Waals surface area contributed by atoms with Crippen LogP contribution in [0.15, 0.2) is 0 Å². The number of rotatable bonds is 22. The first-order valence-corrected chi connectivity index (χ1v) is 17.8. The largest absolute Gasteiger partial charge is 0.341 e. The van der Waals surface area contributed by atoms with Crippen LogP contribution < -0.4 is 0 Å². The maximum atomic E-state index is 10.1. The standard InChI is InChI=1S/C24H53O2PS2/c1-3-5-7-9-11-13-15-17-19-21-23-29(27(25,26)28)24-22-20-18-16-14-12-10-8-6-4-2/h25-26,28H,3-24H2,1-2H3. The van der Waals surface area contributed by atoms with Gasteiger partial charge in [0.2, 0.25) is 0 Å². The van der Waals surface area contributed by atoms with Crippen LogP contribution in [0.1, 0.15) is 142 Å². The highest BCUT2D eigenvalue weighted by Crippen LogP contribution is 2.47. The van der Waals surface area contributed by atoms with Gasteiger partial charge < -0.3 is 9.79 Å². The van der Waals surface area contributed by atoms with Gasteiger partial charge in [0.25, 0.3) is 0 Å². The molecular formula is C24H53O2PS2. The number of unbranched alkanes of at least 4 members (excludes halogenated alkanes) is 18. The molecule has 0 aliphatic heterocycles. The van der Waals surface area contributed by atoms with E-state index in [4.69, 9.17) is 0 Å². The molecule has 0 aromatic carbocycles. The summed E-state index contributed by atoms with van der Waals surface area (Å²) in [5.41, 5.74) is -2.96. The van der Waals surface area contributed by atoms with Crippen molar-refractivity contribution < 1.29 is 9.79 Å². The lowest BCUT2D eigenvalue weighted by Crippen LogP contribution is -2.04. The summed E-state index contributed by atoms with van der Waals surface area (Å²) in [5.74, 6) is 1.94. The molecule has 0 bridgehead atoms. The van der Waals surface area contributed by atoms with Crippen LogP contribution in [0.3, 0.4) is 0 Å². The molecule has 0 aliphatic carbocycles. The van der Waals surface area contributed by atoms with Gasteiger partial charge in [0.1, 0.15) is 0 Å². The van der Waals surface area contributed by atoms with E-state index in [2.05, 4.69) is 26.1 Å². The quantitative estimate of drug-likeness (QED) is 0.0842. The summed E-state index contributed by atoms with van der Waals surface area (Å²) in [6.45, 7) is 4.54. The first kappa shape index (κ1) is 30.0. The summed E-state index contributed by atoms with van der Waals surface area (Å²) in [5, 5.41) is 0. The Morgan fingerprint density at radius 3 is 0.966 bits per heavy atom. The van der Waals surface area contributed by atoms with Crippen LogP contribution in [0.25, 0.3) is 0 Å². The van der Waals surface area contributed by atoms with Gasteiger partial charge in [0.15, 0.2) is 5.69 Å². The number of thiol groups is 1. The van der Waals surface area contributed by atoms with Crippen molar-refractivity contribution in [3.05, 3.63) is 0 Å². The molecule has 0 atom stereocenters. The topological polar surface area (TPSA) is 40.5 Å². The van der Waals surface area contributed by atoms with Crippen molar-refractivity contribution >= 4 is 28.0 Å². The van der Waals surface area contributed by atoms with E-state index in [1.165, 1.54) is 116 Å². The van der Waals surface area contributed by atoms with E-state index in [0.717, 1.165) is 24.3 Å².